The molecule has 13 heavy (non-hydrogen) atoms. The Balaban J connectivity index is 2.39. The summed E-state index contributed by atoms with van der Waals surface area (Å²) in [5, 5.41) is 8.49. The predicted molar refractivity (Wildman–Crippen MR) is 52.1 cm³/mol. The van der Waals surface area contributed by atoms with Crippen molar-refractivity contribution in [2.24, 2.45) is 5.73 Å². The lowest BCUT2D eigenvalue weighted by atomic mass is 10.1. The molecular weight excluding hydrogens is 164 g/mol. The fraction of sp³-hybridized carbons (Fsp3) is 0.889. The number of nitrogens with two attached hydrogens (primary N) is 1. The lowest BCUT2D eigenvalue weighted by molar-refractivity contribution is 0.0965. The zero-order valence-electron chi connectivity index (χ0n) is 8.24. The Morgan fingerprint density at radius 1 is 1.54 bits per heavy atom. The Labute approximate surface area is 79.9 Å². The van der Waals surface area contributed by atoms with Gasteiger partial charge in [0.1, 0.15) is 0 Å². The third-order valence-electron chi connectivity index (χ3n) is 2.59. The molecule has 0 saturated carbocycles. The smallest absolute Gasteiger partial charge is 0.0635 e. The summed E-state index contributed by atoms with van der Waals surface area (Å²) in [5.74, 6) is 0. The van der Waals surface area contributed by atoms with Gasteiger partial charge in [0.25, 0.3) is 0 Å². The Morgan fingerprint density at radius 2 is 2.31 bits per heavy atom. The van der Waals surface area contributed by atoms with E-state index >= 15 is 0 Å². The van der Waals surface area contributed by atoms with E-state index in [0.29, 0.717) is 19.0 Å². The number of piperazine rings is 1. The number of rotatable bonds is 3. The molecule has 2 N–H and O–H groups in total. The van der Waals surface area contributed by atoms with Gasteiger partial charge in [0, 0.05) is 45.2 Å². The zero-order valence-corrected chi connectivity index (χ0v) is 8.24. The fourth-order valence-corrected chi connectivity index (χ4v) is 1.76. The molecule has 0 bridgehead atoms. The van der Waals surface area contributed by atoms with Gasteiger partial charge in [0.2, 0.25) is 0 Å². The van der Waals surface area contributed by atoms with Gasteiger partial charge in [-0.2, -0.15) is 5.26 Å². The lowest BCUT2D eigenvalue weighted by Gasteiger charge is -2.39. The van der Waals surface area contributed by atoms with E-state index in [1.54, 1.807) is 0 Å². The van der Waals surface area contributed by atoms with Gasteiger partial charge in [0.05, 0.1) is 6.07 Å². The number of nitrogens with zero attached hydrogens (tertiary/aromatic N) is 3. The molecule has 1 aliphatic heterocycles. The lowest BCUT2D eigenvalue weighted by Crippen LogP contribution is -2.54. The van der Waals surface area contributed by atoms with Crippen LogP contribution in [0.2, 0.25) is 0 Å². The van der Waals surface area contributed by atoms with E-state index in [1.165, 1.54) is 0 Å². The first-order valence-electron chi connectivity index (χ1n) is 4.77. The molecule has 1 unspecified atom stereocenters. The van der Waals surface area contributed by atoms with Crippen molar-refractivity contribution in [2.45, 2.75) is 12.5 Å². The molecule has 0 aromatic rings. The second kappa shape index (κ2) is 5.18. The van der Waals surface area contributed by atoms with Gasteiger partial charge in [0.15, 0.2) is 0 Å². The Morgan fingerprint density at radius 3 is 2.92 bits per heavy atom. The van der Waals surface area contributed by atoms with Crippen LogP contribution in [0, 0.1) is 11.3 Å². The molecule has 1 rings (SSSR count). The van der Waals surface area contributed by atoms with Gasteiger partial charge >= 0.3 is 0 Å². The topological polar surface area (TPSA) is 56.3 Å². The molecule has 4 nitrogen and oxygen atoms in total. The van der Waals surface area contributed by atoms with Crippen molar-refractivity contribution < 1.29 is 0 Å². The fourth-order valence-electron chi connectivity index (χ4n) is 1.76. The monoisotopic (exact) mass is 182 g/mol. The van der Waals surface area contributed by atoms with Crippen molar-refractivity contribution in [3.05, 3.63) is 0 Å². The molecule has 0 aromatic carbocycles. The van der Waals surface area contributed by atoms with E-state index in [1.807, 2.05) is 0 Å². The molecule has 0 spiro atoms. The van der Waals surface area contributed by atoms with Crippen LogP contribution in [-0.2, 0) is 0 Å². The van der Waals surface area contributed by atoms with Crippen LogP contribution in [0.3, 0.4) is 0 Å². The van der Waals surface area contributed by atoms with Crippen LogP contribution in [0.4, 0.5) is 0 Å². The molecule has 1 atom stereocenters. The highest BCUT2D eigenvalue weighted by atomic mass is 15.3. The average molecular weight is 182 g/mol. The number of nitriles is 1. The van der Waals surface area contributed by atoms with Crippen molar-refractivity contribution in [1.29, 1.82) is 5.26 Å². The maximum absolute atomic E-state index is 8.49. The summed E-state index contributed by atoms with van der Waals surface area (Å²) in [5.41, 5.74) is 5.68. The SMILES string of the molecule is CN1CCN(CCC#N)C(CN)C1. The van der Waals surface area contributed by atoms with E-state index in [2.05, 4.69) is 22.9 Å². The molecule has 74 valence electrons. The Hall–Kier alpha value is -0.630. The van der Waals surface area contributed by atoms with E-state index in [4.69, 9.17) is 11.0 Å². The average Bonchev–Trinajstić information content (AvgIpc) is 2.16. The van der Waals surface area contributed by atoms with E-state index in [-0.39, 0.29) is 0 Å². The van der Waals surface area contributed by atoms with Gasteiger partial charge in [-0.15, -0.1) is 0 Å². The van der Waals surface area contributed by atoms with Gasteiger partial charge in [-0.3, -0.25) is 4.90 Å². The minimum atomic E-state index is 0.437. The highest BCUT2D eigenvalue weighted by Crippen LogP contribution is 2.07. The minimum Gasteiger partial charge on any atom is -0.329 e. The molecule has 0 aromatic heterocycles. The summed E-state index contributed by atoms with van der Waals surface area (Å²) in [4.78, 5) is 4.61. The van der Waals surface area contributed by atoms with Crippen LogP contribution in [0.1, 0.15) is 6.42 Å². The highest BCUT2D eigenvalue weighted by molar-refractivity contribution is 4.83. The molecule has 0 amide bonds. The summed E-state index contributed by atoms with van der Waals surface area (Å²) in [6.07, 6.45) is 0.611. The summed E-state index contributed by atoms with van der Waals surface area (Å²) in [6, 6.07) is 2.61. The molecule has 4 heteroatoms. The van der Waals surface area contributed by atoms with Crippen LogP contribution in [0.5, 0.6) is 0 Å². The van der Waals surface area contributed by atoms with Crippen LogP contribution in [-0.4, -0.2) is 55.6 Å². The summed E-state index contributed by atoms with van der Waals surface area (Å²) in [6.45, 7) is 4.71. The van der Waals surface area contributed by atoms with Crippen LogP contribution in [0.25, 0.3) is 0 Å². The van der Waals surface area contributed by atoms with Crippen molar-refractivity contribution in [3.63, 3.8) is 0 Å². The standard InChI is InChI=1S/C9H18N4/c1-12-5-6-13(4-2-3-10)9(7-11)8-12/h9H,2,4-8,11H2,1H3. The summed E-state index contributed by atoms with van der Waals surface area (Å²) in [7, 11) is 2.12. The first-order chi connectivity index (χ1) is 6.27. The quantitative estimate of drug-likeness (QED) is 0.638. The zero-order chi connectivity index (χ0) is 9.68. The van der Waals surface area contributed by atoms with Crippen LogP contribution in [0.15, 0.2) is 0 Å². The van der Waals surface area contributed by atoms with Gasteiger partial charge < -0.3 is 10.6 Å². The Kier molecular flexibility index (Phi) is 4.16. The minimum absolute atomic E-state index is 0.437. The summed E-state index contributed by atoms with van der Waals surface area (Å²) < 4.78 is 0. The maximum Gasteiger partial charge on any atom is 0.0635 e. The van der Waals surface area contributed by atoms with E-state index in [9.17, 15) is 0 Å². The number of hydrogen-bond acceptors (Lipinski definition) is 4. The molecule has 1 heterocycles. The van der Waals surface area contributed by atoms with Gasteiger partial charge in [-0.05, 0) is 7.05 Å². The third kappa shape index (κ3) is 2.96. The van der Waals surface area contributed by atoms with Crippen molar-refractivity contribution >= 4 is 0 Å². The van der Waals surface area contributed by atoms with Crippen LogP contribution < -0.4 is 5.73 Å². The second-order valence-corrected chi connectivity index (χ2v) is 3.60. The predicted octanol–water partition coefficient (Wildman–Crippen LogP) is -0.525. The second-order valence-electron chi connectivity index (χ2n) is 3.60. The molecular formula is C9H18N4. The maximum atomic E-state index is 8.49. The summed E-state index contributed by atoms with van der Waals surface area (Å²) >= 11 is 0. The van der Waals surface area contributed by atoms with Gasteiger partial charge in [-0.1, -0.05) is 0 Å². The van der Waals surface area contributed by atoms with E-state index < -0.39 is 0 Å². The molecule has 1 saturated heterocycles. The van der Waals surface area contributed by atoms with Crippen LogP contribution >= 0.6 is 0 Å². The Bertz CT molecular complexity index is 187. The molecule has 0 aliphatic carbocycles. The third-order valence-corrected chi connectivity index (χ3v) is 2.59. The first kappa shape index (κ1) is 10.5. The molecule has 0 radical (unpaired) electrons. The normalized spacial score (nSPS) is 25.8. The number of likely N-dealkylation sites (N-methyl/N-ethyl adjacent to an activating group) is 1. The first-order valence-corrected chi connectivity index (χ1v) is 4.77. The van der Waals surface area contributed by atoms with Crippen molar-refractivity contribution in [1.82, 2.24) is 9.80 Å². The van der Waals surface area contributed by atoms with Crippen molar-refractivity contribution in [3.8, 4) is 6.07 Å². The largest absolute Gasteiger partial charge is 0.329 e. The molecule has 1 aliphatic rings. The number of hydrogen-bond donors (Lipinski definition) is 1. The van der Waals surface area contributed by atoms with Crippen molar-refractivity contribution in [2.75, 3.05) is 39.8 Å². The van der Waals surface area contributed by atoms with Gasteiger partial charge in [-0.25, -0.2) is 0 Å². The molecule has 1 fully saturated rings. The highest BCUT2D eigenvalue weighted by Gasteiger charge is 2.22. The van der Waals surface area contributed by atoms with E-state index in [0.717, 1.165) is 26.2 Å².